The van der Waals surface area contributed by atoms with E-state index in [2.05, 4.69) is 4.74 Å². The number of hydrogen-bond acceptors (Lipinski definition) is 3. The molecule has 1 aliphatic heterocycles. The first-order valence-corrected chi connectivity index (χ1v) is 3.76. The number of fused-ring (bicyclic) bond motifs is 1. The van der Waals surface area contributed by atoms with Crippen LogP contribution in [0.3, 0.4) is 0 Å². The molecule has 0 saturated carbocycles. The average molecular weight is 170 g/mol. The highest BCUT2D eigenvalue weighted by Gasteiger charge is 2.45. The quantitative estimate of drug-likeness (QED) is 0.304. The van der Waals surface area contributed by atoms with Crippen LogP contribution in [0.5, 0.6) is 0 Å². The smallest absolute Gasteiger partial charge is 0.321 e. The van der Waals surface area contributed by atoms with E-state index in [1.54, 1.807) is 0 Å². The van der Waals surface area contributed by atoms with E-state index in [-0.39, 0.29) is 6.42 Å². The number of alkyl halides is 1. The van der Waals surface area contributed by atoms with Crippen molar-refractivity contribution in [2.75, 3.05) is 0 Å². The van der Waals surface area contributed by atoms with Gasteiger partial charge in [0.1, 0.15) is 6.17 Å². The van der Waals surface area contributed by atoms with Crippen molar-refractivity contribution in [3.63, 3.8) is 0 Å². The molecule has 2 rings (SSSR count). The lowest BCUT2D eigenvalue weighted by Gasteiger charge is -2.15. The Morgan fingerprint density at radius 2 is 2.08 bits per heavy atom. The molecular formula is C8H7FO3. The standard InChI is InChI=1S/C8H7FO3/c9-4-1-2-5-6(3-4)8(11)12-7(5)10/h1-2,4-6H,3H2. The van der Waals surface area contributed by atoms with E-state index >= 15 is 0 Å². The molecule has 2 aliphatic rings. The van der Waals surface area contributed by atoms with Gasteiger partial charge in [-0.3, -0.25) is 9.59 Å². The molecule has 0 amide bonds. The fraction of sp³-hybridized carbons (Fsp3) is 0.500. The third kappa shape index (κ3) is 0.948. The zero-order chi connectivity index (χ0) is 8.72. The molecule has 4 heteroatoms. The molecule has 0 radical (unpaired) electrons. The topological polar surface area (TPSA) is 43.4 Å². The molecule has 1 aliphatic carbocycles. The van der Waals surface area contributed by atoms with Gasteiger partial charge in [-0.1, -0.05) is 12.2 Å². The van der Waals surface area contributed by atoms with Gasteiger partial charge in [0.15, 0.2) is 0 Å². The molecule has 0 spiro atoms. The average Bonchev–Trinajstić information content (AvgIpc) is 2.28. The van der Waals surface area contributed by atoms with E-state index in [1.807, 2.05) is 0 Å². The summed E-state index contributed by atoms with van der Waals surface area (Å²) < 4.78 is 17.1. The Morgan fingerprint density at radius 1 is 1.33 bits per heavy atom. The molecule has 3 unspecified atom stereocenters. The minimum absolute atomic E-state index is 0.0751. The number of esters is 2. The molecular weight excluding hydrogens is 163 g/mol. The number of carbonyl (C=O) groups is 2. The Bertz CT molecular complexity index is 271. The normalized spacial score (nSPS) is 39.6. The monoisotopic (exact) mass is 170 g/mol. The van der Waals surface area contributed by atoms with Crippen molar-refractivity contribution in [2.24, 2.45) is 11.8 Å². The highest BCUT2D eigenvalue weighted by atomic mass is 19.1. The van der Waals surface area contributed by atoms with Crippen molar-refractivity contribution in [3.05, 3.63) is 12.2 Å². The number of halogens is 1. The minimum Gasteiger partial charge on any atom is -0.392 e. The van der Waals surface area contributed by atoms with E-state index in [0.29, 0.717) is 0 Å². The van der Waals surface area contributed by atoms with Crippen LogP contribution in [0.1, 0.15) is 6.42 Å². The van der Waals surface area contributed by atoms with Crippen LogP contribution >= 0.6 is 0 Å². The Hall–Kier alpha value is -1.19. The maximum atomic E-state index is 12.7. The molecule has 0 bridgehead atoms. The summed E-state index contributed by atoms with van der Waals surface area (Å²) in [6, 6.07) is 0. The Labute approximate surface area is 68.2 Å². The molecule has 0 aromatic rings. The fourth-order valence-corrected chi connectivity index (χ4v) is 1.57. The lowest BCUT2D eigenvalue weighted by molar-refractivity contribution is -0.153. The summed E-state index contributed by atoms with van der Waals surface area (Å²) in [7, 11) is 0. The maximum absolute atomic E-state index is 12.7. The van der Waals surface area contributed by atoms with Crippen LogP contribution in [-0.2, 0) is 14.3 Å². The Kier molecular flexibility index (Phi) is 1.49. The number of cyclic esters (lactones) is 2. The van der Waals surface area contributed by atoms with Crippen molar-refractivity contribution in [3.8, 4) is 0 Å². The first-order valence-electron chi connectivity index (χ1n) is 3.76. The van der Waals surface area contributed by atoms with Crippen LogP contribution in [0.4, 0.5) is 4.39 Å². The number of allylic oxidation sites excluding steroid dienone is 1. The Balaban J connectivity index is 2.29. The van der Waals surface area contributed by atoms with Gasteiger partial charge in [0.2, 0.25) is 0 Å². The van der Waals surface area contributed by atoms with Crippen LogP contribution in [0.15, 0.2) is 12.2 Å². The second-order valence-electron chi connectivity index (χ2n) is 3.01. The van der Waals surface area contributed by atoms with Crippen molar-refractivity contribution >= 4 is 11.9 Å². The third-order valence-electron chi connectivity index (χ3n) is 2.22. The van der Waals surface area contributed by atoms with E-state index in [1.165, 1.54) is 12.2 Å². The largest absolute Gasteiger partial charge is 0.392 e. The number of ether oxygens (including phenoxy) is 1. The molecule has 0 N–H and O–H groups in total. The van der Waals surface area contributed by atoms with Crippen molar-refractivity contribution < 1.29 is 18.7 Å². The molecule has 12 heavy (non-hydrogen) atoms. The fourth-order valence-electron chi connectivity index (χ4n) is 1.57. The zero-order valence-corrected chi connectivity index (χ0v) is 6.20. The predicted molar refractivity (Wildman–Crippen MR) is 36.7 cm³/mol. The van der Waals surface area contributed by atoms with Crippen LogP contribution in [0.25, 0.3) is 0 Å². The third-order valence-corrected chi connectivity index (χ3v) is 2.22. The van der Waals surface area contributed by atoms with Crippen molar-refractivity contribution in [2.45, 2.75) is 12.6 Å². The highest BCUT2D eigenvalue weighted by molar-refractivity contribution is 5.97. The molecule has 3 atom stereocenters. The second kappa shape index (κ2) is 2.40. The molecule has 64 valence electrons. The summed E-state index contributed by atoms with van der Waals surface area (Å²) in [6.45, 7) is 0. The second-order valence-corrected chi connectivity index (χ2v) is 3.01. The van der Waals surface area contributed by atoms with Gasteiger partial charge in [0.05, 0.1) is 11.8 Å². The zero-order valence-electron chi connectivity index (χ0n) is 6.20. The highest BCUT2D eigenvalue weighted by Crippen LogP contribution is 2.33. The van der Waals surface area contributed by atoms with E-state index in [4.69, 9.17) is 0 Å². The molecule has 1 saturated heterocycles. The summed E-state index contributed by atoms with van der Waals surface area (Å²) in [5, 5.41) is 0. The SMILES string of the molecule is O=C1OC(=O)C2CC(F)C=CC12. The van der Waals surface area contributed by atoms with Crippen LogP contribution < -0.4 is 0 Å². The van der Waals surface area contributed by atoms with Gasteiger partial charge in [0.25, 0.3) is 0 Å². The molecule has 0 aromatic carbocycles. The number of carbonyl (C=O) groups excluding carboxylic acids is 2. The summed E-state index contributed by atoms with van der Waals surface area (Å²) in [6.07, 6.45) is 1.68. The number of rotatable bonds is 0. The predicted octanol–water partition coefficient (Wildman–Crippen LogP) is 0.600. The summed E-state index contributed by atoms with van der Waals surface area (Å²) >= 11 is 0. The van der Waals surface area contributed by atoms with E-state index in [9.17, 15) is 14.0 Å². The van der Waals surface area contributed by atoms with Crippen molar-refractivity contribution in [1.29, 1.82) is 0 Å². The number of hydrogen-bond donors (Lipinski definition) is 0. The van der Waals surface area contributed by atoms with Gasteiger partial charge in [-0.05, 0) is 6.42 Å². The van der Waals surface area contributed by atoms with Crippen LogP contribution in [0.2, 0.25) is 0 Å². The summed E-state index contributed by atoms with van der Waals surface area (Å²) in [5.74, 6) is -2.26. The minimum atomic E-state index is -1.12. The van der Waals surface area contributed by atoms with E-state index < -0.39 is 29.9 Å². The summed E-state index contributed by atoms with van der Waals surface area (Å²) in [5.41, 5.74) is 0. The van der Waals surface area contributed by atoms with Gasteiger partial charge >= 0.3 is 11.9 Å². The van der Waals surface area contributed by atoms with Crippen LogP contribution in [-0.4, -0.2) is 18.1 Å². The van der Waals surface area contributed by atoms with Gasteiger partial charge in [-0.2, -0.15) is 0 Å². The first-order chi connectivity index (χ1) is 5.68. The van der Waals surface area contributed by atoms with Crippen LogP contribution in [0, 0.1) is 11.8 Å². The van der Waals surface area contributed by atoms with Gasteiger partial charge in [-0.25, -0.2) is 4.39 Å². The van der Waals surface area contributed by atoms with Gasteiger partial charge in [-0.15, -0.1) is 0 Å². The Morgan fingerprint density at radius 3 is 2.83 bits per heavy atom. The molecule has 0 aromatic heterocycles. The lowest BCUT2D eigenvalue weighted by atomic mass is 9.85. The first kappa shape index (κ1) is 7.46. The lowest BCUT2D eigenvalue weighted by Crippen LogP contribution is -2.23. The maximum Gasteiger partial charge on any atom is 0.321 e. The molecule has 1 heterocycles. The molecule has 3 nitrogen and oxygen atoms in total. The van der Waals surface area contributed by atoms with E-state index in [0.717, 1.165) is 0 Å². The summed E-state index contributed by atoms with van der Waals surface area (Å²) in [4.78, 5) is 21.8. The van der Waals surface area contributed by atoms with Gasteiger partial charge in [0, 0.05) is 0 Å². The van der Waals surface area contributed by atoms with Crippen molar-refractivity contribution in [1.82, 2.24) is 0 Å². The van der Waals surface area contributed by atoms with Gasteiger partial charge < -0.3 is 4.74 Å². The molecule has 1 fully saturated rings.